The van der Waals surface area contributed by atoms with Gasteiger partial charge in [0, 0.05) is 43.6 Å². The molecule has 1 saturated carbocycles. The number of carbonyl (C=O) groups is 1. The second-order valence-corrected chi connectivity index (χ2v) is 7.98. The zero-order valence-corrected chi connectivity index (χ0v) is 17.3. The van der Waals surface area contributed by atoms with Crippen LogP contribution in [0.25, 0.3) is 5.65 Å². The number of nitriles is 1. The normalized spacial score (nSPS) is 18.6. The highest BCUT2D eigenvalue weighted by Crippen LogP contribution is 2.24. The molecule has 0 atom stereocenters. The Hall–Kier alpha value is -3.53. The first-order valence-corrected chi connectivity index (χ1v) is 10.3. The number of imidazole rings is 1. The first-order valence-electron chi connectivity index (χ1n) is 10.3. The standard InChI is InChI=1S/C23H26N6O/c1-28(2)20-12-6-16(7-13-20)23(30)27-18-10-8-17(9-11-18)25-21-4-3-5-22-26-19(14-24)15-29(21)22/h3-7,12-13,15,17-18,25H,8-11H2,1-2H3,(H,27,30)/t17-,18+. The average Bonchev–Trinajstić information content (AvgIpc) is 3.20. The Morgan fingerprint density at radius 2 is 1.80 bits per heavy atom. The Morgan fingerprint density at radius 3 is 2.47 bits per heavy atom. The van der Waals surface area contributed by atoms with E-state index in [1.54, 1.807) is 6.20 Å². The fraction of sp³-hybridized carbons (Fsp3) is 0.348. The molecule has 1 amide bonds. The molecule has 0 saturated heterocycles. The van der Waals surface area contributed by atoms with E-state index in [1.165, 1.54) is 0 Å². The first-order chi connectivity index (χ1) is 14.5. The molecule has 0 spiro atoms. The van der Waals surface area contributed by atoms with Crippen LogP contribution in [-0.2, 0) is 0 Å². The van der Waals surface area contributed by atoms with Crippen molar-refractivity contribution in [2.75, 3.05) is 24.3 Å². The van der Waals surface area contributed by atoms with Crippen molar-refractivity contribution in [3.05, 3.63) is 59.9 Å². The highest BCUT2D eigenvalue weighted by Gasteiger charge is 2.23. The van der Waals surface area contributed by atoms with Gasteiger partial charge in [0.15, 0.2) is 5.69 Å². The number of fused-ring (bicyclic) bond motifs is 1. The molecule has 1 aliphatic rings. The van der Waals surface area contributed by atoms with Gasteiger partial charge in [0.05, 0.1) is 0 Å². The maximum Gasteiger partial charge on any atom is 0.251 e. The van der Waals surface area contributed by atoms with Crippen LogP contribution in [-0.4, -0.2) is 41.5 Å². The van der Waals surface area contributed by atoms with Crippen LogP contribution < -0.4 is 15.5 Å². The van der Waals surface area contributed by atoms with Gasteiger partial charge in [-0.1, -0.05) is 6.07 Å². The van der Waals surface area contributed by atoms with E-state index < -0.39 is 0 Å². The van der Waals surface area contributed by atoms with Crippen molar-refractivity contribution < 1.29 is 4.79 Å². The number of aromatic nitrogens is 2. The lowest BCUT2D eigenvalue weighted by Gasteiger charge is -2.30. The smallest absolute Gasteiger partial charge is 0.251 e. The third-order valence-corrected chi connectivity index (χ3v) is 5.67. The first kappa shape index (κ1) is 19.8. The van der Waals surface area contributed by atoms with E-state index in [-0.39, 0.29) is 11.9 Å². The molecule has 4 rings (SSSR count). The largest absolute Gasteiger partial charge is 0.378 e. The summed E-state index contributed by atoms with van der Waals surface area (Å²) in [5.74, 6) is 0.930. The number of rotatable bonds is 5. The Balaban J connectivity index is 1.32. The minimum atomic E-state index is -0.0102. The van der Waals surface area contributed by atoms with Crippen LogP contribution in [0.5, 0.6) is 0 Å². The monoisotopic (exact) mass is 402 g/mol. The van der Waals surface area contributed by atoms with Crippen molar-refractivity contribution in [1.29, 1.82) is 5.26 Å². The van der Waals surface area contributed by atoms with Crippen molar-refractivity contribution in [2.45, 2.75) is 37.8 Å². The minimum Gasteiger partial charge on any atom is -0.378 e. The summed E-state index contributed by atoms with van der Waals surface area (Å²) < 4.78 is 1.92. The molecule has 1 fully saturated rings. The number of pyridine rings is 1. The molecule has 7 heteroatoms. The fourth-order valence-corrected chi connectivity index (χ4v) is 3.95. The molecule has 7 nitrogen and oxygen atoms in total. The van der Waals surface area contributed by atoms with E-state index >= 15 is 0 Å². The lowest BCUT2D eigenvalue weighted by atomic mass is 9.91. The number of amides is 1. The predicted octanol–water partition coefficient (Wildman–Crippen LogP) is 3.43. The third-order valence-electron chi connectivity index (χ3n) is 5.67. The second-order valence-electron chi connectivity index (χ2n) is 7.98. The summed E-state index contributed by atoms with van der Waals surface area (Å²) in [4.78, 5) is 18.9. The Bertz CT molecular complexity index is 1070. The Kier molecular flexibility index (Phi) is 5.57. The predicted molar refractivity (Wildman–Crippen MR) is 118 cm³/mol. The maximum absolute atomic E-state index is 12.6. The third kappa shape index (κ3) is 4.23. The molecule has 0 aliphatic heterocycles. The van der Waals surface area contributed by atoms with Gasteiger partial charge in [0.25, 0.3) is 5.91 Å². The topological polar surface area (TPSA) is 85.5 Å². The van der Waals surface area contributed by atoms with E-state index in [0.29, 0.717) is 17.3 Å². The SMILES string of the molecule is CN(C)c1ccc(C(=O)N[C@H]2CC[C@@H](Nc3cccc4nc(C#N)cn34)CC2)cc1. The molecule has 0 radical (unpaired) electrons. The molecule has 0 bridgehead atoms. The molecule has 1 aliphatic carbocycles. The highest BCUT2D eigenvalue weighted by atomic mass is 16.1. The van der Waals surface area contributed by atoms with Crippen molar-refractivity contribution in [3.63, 3.8) is 0 Å². The molecule has 2 N–H and O–H groups in total. The van der Waals surface area contributed by atoms with E-state index in [4.69, 9.17) is 5.26 Å². The number of hydrogen-bond acceptors (Lipinski definition) is 5. The lowest BCUT2D eigenvalue weighted by molar-refractivity contribution is 0.0926. The van der Waals surface area contributed by atoms with Gasteiger partial charge in [-0.05, 0) is 62.1 Å². The number of carbonyl (C=O) groups excluding carboxylic acids is 1. The van der Waals surface area contributed by atoms with Crippen LogP contribution in [0.2, 0.25) is 0 Å². The Morgan fingerprint density at radius 1 is 1.10 bits per heavy atom. The molecule has 1 aromatic carbocycles. The van der Waals surface area contributed by atoms with Crippen molar-refractivity contribution in [2.24, 2.45) is 0 Å². The number of hydrogen-bond donors (Lipinski definition) is 2. The van der Waals surface area contributed by atoms with Crippen LogP contribution in [0.1, 0.15) is 41.7 Å². The van der Waals surface area contributed by atoms with Crippen LogP contribution in [0.15, 0.2) is 48.7 Å². The van der Waals surface area contributed by atoms with Crippen LogP contribution in [0.4, 0.5) is 11.5 Å². The summed E-state index contributed by atoms with van der Waals surface area (Å²) >= 11 is 0. The number of benzene rings is 1. The summed E-state index contributed by atoms with van der Waals surface area (Å²) in [7, 11) is 3.97. The molecular weight excluding hydrogens is 376 g/mol. The fourth-order valence-electron chi connectivity index (χ4n) is 3.95. The number of nitrogens with one attached hydrogen (secondary N) is 2. The van der Waals surface area contributed by atoms with Crippen LogP contribution in [0, 0.1) is 11.3 Å². The average molecular weight is 403 g/mol. The van der Waals surface area contributed by atoms with Gasteiger partial charge in [-0.2, -0.15) is 5.26 Å². The molecule has 3 aromatic rings. The van der Waals surface area contributed by atoms with Gasteiger partial charge >= 0.3 is 0 Å². The van der Waals surface area contributed by atoms with Crippen molar-refractivity contribution in [3.8, 4) is 6.07 Å². The summed E-state index contributed by atoms with van der Waals surface area (Å²) in [6, 6.07) is 16.1. The zero-order valence-electron chi connectivity index (χ0n) is 17.3. The summed E-state index contributed by atoms with van der Waals surface area (Å²) in [5, 5.41) is 15.8. The van der Waals surface area contributed by atoms with Gasteiger partial charge in [-0.3, -0.25) is 9.20 Å². The molecule has 30 heavy (non-hydrogen) atoms. The highest BCUT2D eigenvalue weighted by molar-refractivity contribution is 5.94. The molecule has 2 heterocycles. The molecular formula is C23H26N6O. The van der Waals surface area contributed by atoms with E-state index in [2.05, 4.69) is 21.7 Å². The van der Waals surface area contributed by atoms with Gasteiger partial charge in [0.1, 0.15) is 17.5 Å². The quantitative estimate of drug-likeness (QED) is 0.683. The summed E-state index contributed by atoms with van der Waals surface area (Å²) in [6.45, 7) is 0. The van der Waals surface area contributed by atoms with Gasteiger partial charge in [-0.15, -0.1) is 0 Å². The molecule has 0 unspecified atom stereocenters. The van der Waals surface area contributed by atoms with E-state index in [0.717, 1.165) is 42.8 Å². The van der Waals surface area contributed by atoms with E-state index in [9.17, 15) is 4.79 Å². The molecule has 2 aromatic heterocycles. The zero-order chi connectivity index (χ0) is 21.1. The van der Waals surface area contributed by atoms with Crippen LogP contribution in [0.3, 0.4) is 0 Å². The molecule has 154 valence electrons. The minimum absolute atomic E-state index is 0.0102. The van der Waals surface area contributed by atoms with Gasteiger partial charge in [0.2, 0.25) is 0 Å². The lowest BCUT2D eigenvalue weighted by Crippen LogP contribution is -2.40. The van der Waals surface area contributed by atoms with Crippen molar-refractivity contribution >= 4 is 23.1 Å². The van der Waals surface area contributed by atoms with Crippen molar-refractivity contribution in [1.82, 2.24) is 14.7 Å². The number of anilines is 2. The van der Waals surface area contributed by atoms with Crippen LogP contribution >= 0.6 is 0 Å². The van der Waals surface area contributed by atoms with E-state index in [1.807, 2.05) is 65.9 Å². The van der Waals surface area contributed by atoms with Gasteiger partial charge < -0.3 is 15.5 Å². The second kappa shape index (κ2) is 8.46. The summed E-state index contributed by atoms with van der Waals surface area (Å²) in [5.41, 5.74) is 2.95. The summed E-state index contributed by atoms with van der Waals surface area (Å²) in [6.07, 6.45) is 5.57. The van der Waals surface area contributed by atoms with Gasteiger partial charge in [-0.25, -0.2) is 4.98 Å². The maximum atomic E-state index is 12.6. The Labute approximate surface area is 176 Å². The number of nitrogens with zero attached hydrogens (tertiary/aromatic N) is 4.